The number of benzene rings is 2. The minimum absolute atomic E-state index is 0.105. The molecule has 6 nitrogen and oxygen atoms in total. The Balaban J connectivity index is 1.54. The molecule has 0 saturated heterocycles. The lowest BCUT2D eigenvalue weighted by Gasteiger charge is -2.08. The summed E-state index contributed by atoms with van der Waals surface area (Å²) < 4.78 is 10.5. The lowest BCUT2D eigenvalue weighted by molar-refractivity contribution is -0.118. The number of carbonyl (C=O) groups is 1. The molecule has 116 valence electrons. The molecule has 0 fully saturated rings. The summed E-state index contributed by atoms with van der Waals surface area (Å²) in [4.78, 5) is 11.8. The summed E-state index contributed by atoms with van der Waals surface area (Å²) in [5.74, 6) is 0.720. The van der Waals surface area contributed by atoms with E-state index < -0.39 is 0 Å². The molecule has 0 radical (unpaired) electrons. The third kappa shape index (κ3) is 4.08. The summed E-state index contributed by atoms with van der Waals surface area (Å²) in [6.07, 6.45) is 1.26. The predicted molar refractivity (Wildman–Crippen MR) is 85.3 cm³/mol. The van der Waals surface area contributed by atoms with Crippen LogP contribution in [0.1, 0.15) is 0 Å². The van der Waals surface area contributed by atoms with Gasteiger partial charge in [-0.3, -0.25) is 4.79 Å². The molecule has 1 heterocycles. The lowest BCUT2D eigenvalue weighted by Crippen LogP contribution is -2.20. The fourth-order valence-corrected chi connectivity index (χ4v) is 2.10. The molecule has 3 rings (SSSR count). The molecule has 1 aromatic heterocycles. The molecule has 0 saturated carbocycles. The quantitative estimate of drug-likeness (QED) is 0.776. The highest BCUT2D eigenvalue weighted by Crippen LogP contribution is 2.20. The predicted octanol–water partition coefficient (Wildman–Crippen LogP) is 3.41. The van der Waals surface area contributed by atoms with Crippen LogP contribution in [0.3, 0.4) is 0 Å². The summed E-state index contributed by atoms with van der Waals surface area (Å²) in [7, 11) is 0. The molecule has 0 aliphatic heterocycles. The van der Waals surface area contributed by atoms with Gasteiger partial charge >= 0.3 is 0 Å². The lowest BCUT2D eigenvalue weighted by atomic mass is 10.2. The fourth-order valence-electron chi connectivity index (χ4n) is 1.90. The second-order valence-corrected chi connectivity index (χ2v) is 5.05. The van der Waals surface area contributed by atoms with Gasteiger partial charge in [-0.1, -0.05) is 17.7 Å². The van der Waals surface area contributed by atoms with Gasteiger partial charge in [0.2, 0.25) is 12.3 Å². The number of hydrogen-bond donors (Lipinski definition) is 1. The molecule has 0 aliphatic rings. The molecule has 0 spiro atoms. The van der Waals surface area contributed by atoms with Crippen molar-refractivity contribution in [1.82, 2.24) is 10.2 Å². The van der Waals surface area contributed by atoms with Crippen LogP contribution >= 0.6 is 11.6 Å². The van der Waals surface area contributed by atoms with Gasteiger partial charge in [-0.2, -0.15) is 0 Å². The van der Waals surface area contributed by atoms with E-state index in [2.05, 4.69) is 15.5 Å². The van der Waals surface area contributed by atoms with Crippen molar-refractivity contribution in [3.05, 3.63) is 59.9 Å². The molecule has 3 aromatic rings. The molecule has 2 aromatic carbocycles. The van der Waals surface area contributed by atoms with E-state index in [-0.39, 0.29) is 12.5 Å². The average molecular weight is 330 g/mol. The van der Waals surface area contributed by atoms with Crippen LogP contribution in [-0.4, -0.2) is 22.7 Å². The molecule has 0 unspecified atom stereocenters. The van der Waals surface area contributed by atoms with Gasteiger partial charge in [0.05, 0.1) is 0 Å². The first-order chi connectivity index (χ1) is 11.2. The molecule has 1 amide bonds. The summed E-state index contributed by atoms with van der Waals surface area (Å²) in [6.45, 7) is -0.105. The summed E-state index contributed by atoms with van der Waals surface area (Å²) in [5, 5.41) is 10.7. The van der Waals surface area contributed by atoms with E-state index in [0.717, 1.165) is 5.56 Å². The second kappa shape index (κ2) is 6.93. The Morgan fingerprint density at radius 1 is 1.22 bits per heavy atom. The highest BCUT2D eigenvalue weighted by atomic mass is 35.5. The van der Waals surface area contributed by atoms with Crippen molar-refractivity contribution in [2.75, 3.05) is 11.9 Å². The standard InChI is InChI=1S/C16H12ClN3O3/c17-12-2-1-3-13(8-12)19-15(21)9-22-14-6-4-11(5-7-14)16-20-18-10-23-16/h1-8,10H,9H2,(H,19,21). The maximum absolute atomic E-state index is 11.8. The Morgan fingerprint density at radius 2 is 2.04 bits per heavy atom. The zero-order chi connectivity index (χ0) is 16.1. The number of halogens is 1. The average Bonchev–Trinajstić information content (AvgIpc) is 3.08. The van der Waals surface area contributed by atoms with Crippen LogP contribution in [0.4, 0.5) is 5.69 Å². The second-order valence-electron chi connectivity index (χ2n) is 4.62. The zero-order valence-electron chi connectivity index (χ0n) is 11.9. The van der Waals surface area contributed by atoms with Crippen molar-refractivity contribution in [2.45, 2.75) is 0 Å². The number of amides is 1. The molecule has 0 aliphatic carbocycles. The van der Waals surface area contributed by atoms with Crippen LogP contribution in [0, 0.1) is 0 Å². The van der Waals surface area contributed by atoms with E-state index in [1.165, 1.54) is 6.39 Å². The Labute approximate surface area is 137 Å². The number of carbonyl (C=O) groups excluding carboxylic acids is 1. The highest BCUT2D eigenvalue weighted by molar-refractivity contribution is 6.30. The van der Waals surface area contributed by atoms with Crippen molar-refractivity contribution in [1.29, 1.82) is 0 Å². The van der Waals surface area contributed by atoms with Gasteiger partial charge in [-0.15, -0.1) is 10.2 Å². The number of anilines is 1. The Morgan fingerprint density at radius 3 is 2.74 bits per heavy atom. The molecule has 1 N–H and O–H groups in total. The molecule has 7 heteroatoms. The Hall–Kier alpha value is -2.86. The minimum atomic E-state index is -0.270. The van der Waals surface area contributed by atoms with E-state index >= 15 is 0 Å². The van der Waals surface area contributed by atoms with E-state index in [1.54, 1.807) is 48.5 Å². The van der Waals surface area contributed by atoms with Gasteiger partial charge in [-0.05, 0) is 42.5 Å². The van der Waals surface area contributed by atoms with Crippen LogP contribution in [0.5, 0.6) is 5.75 Å². The number of hydrogen-bond acceptors (Lipinski definition) is 5. The normalized spacial score (nSPS) is 10.3. The molecule has 23 heavy (non-hydrogen) atoms. The van der Waals surface area contributed by atoms with Gasteiger partial charge in [0, 0.05) is 16.3 Å². The van der Waals surface area contributed by atoms with Crippen molar-refractivity contribution in [3.63, 3.8) is 0 Å². The van der Waals surface area contributed by atoms with Crippen LogP contribution in [-0.2, 0) is 4.79 Å². The largest absolute Gasteiger partial charge is 0.484 e. The van der Waals surface area contributed by atoms with E-state index in [1.807, 2.05) is 0 Å². The zero-order valence-corrected chi connectivity index (χ0v) is 12.7. The molecular formula is C16H12ClN3O3. The van der Waals surface area contributed by atoms with Gasteiger partial charge in [0.25, 0.3) is 5.91 Å². The number of aromatic nitrogens is 2. The van der Waals surface area contributed by atoms with Crippen molar-refractivity contribution >= 4 is 23.2 Å². The SMILES string of the molecule is O=C(COc1ccc(-c2nnco2)cc1)Nc1cccc(Cl)c1. The van der Waals surface area contributed by atoms with Crippen LogP contribution in [0.2, 0.25) is 5.02 Å². The van der Waals surface area contributed by atoms with E-state index in [0.29, 0.717) is 22.4 Å². The monoisotopic (exact) mass is 329 g/mol. The number of nitrogens with zero attached hydrogens (tertiary/aromatic N) is 2. The van der Waals surface area contributed by atoms with Gasteiger partial charge in [-0.25, -0.2) is 0 Å². The maximum atomic E-state index is 11.8. The maximum Gasteiger partial charge on any atom is 0.262 e. The number of rotatable bonds is 5. The number of nitrogens with one attached hydrogen (secondary N) is 1. The third-order valence-electron chi connectivity index (χ3n) is 2.94. The van der Waals surface area contributed by atoms with Crippen LogP contribution in [0.15, 0.2) is 59.3 Å². The first-order valence-electron chi connectivity index (χ1n) is 6.75. The fraction of sp³-hybridized carbons (Fsp3) is 0.0625. The van der Waals surface area contributed by atoms with Crippen molar-refractivity contribution in [3.8, 4) is 17.2 Å². The van der Waals surface area contributed by atoms with Crippen molar-refractivity contribution < 1.29 is 13.9 Å². The topological polar surface area (TPSA) is 77.2 Å². The Bertz CT molecular complexity index is 789. The van der Waals surface area contributed by atoms with Crippen molar-refractivity contribution in [2.24, 2.45) is 0 Å². The van der Waals surface area contributed by atoms with Crippen LogP contribution < -0.4 is 10.1 Å². The number of ether oxygens (including phenoxy) is 1. The Kier molecular flexibility index (Phi) is 4.54. The highest BCUT2D eigenvalue weighted by Gasteiger charge is 2.06. The molecule has 0 bridgehead atoms. The summed E-state index contributed by atoms with van der Waals surface area (Å²) >= 11 is 5.86. The smallest absolute Gasteiger partial charge is 0.262 e. The van der Waals surface area contributed by atoms with E-state index in [4.69, 9.17) is 20.8 Å². The van der Waals surface area contributed by atoms with Gasteiger partial charge < -0.3 is 14.5 Å². The first-order valence-corrected chi connectivity index (χ1v) is 7.13. The summed E-state index contributed by atoms with van der Waals surface area (Å²) in [5.41, 5.74) is 1.40. The van der Waals surface area contributed by atoms with Gasteiger partial charge in [0.1, 0.15) is 5.75 Å². The van der Waals surface area contributed by atoms with E-state index in [9.17, 15) is 4.79 Å². The first kappa shape index (κ1) is 15.1. The van der Waals surface area contributed by atoms with Gasteiger partial charge in [0.15, 0.2) is 6.61 Å². The molecule has 0 atom stereocenters. The summed E-state index contributed by atoms with van der Waals surface area (Å²) in [6, 6.07) is 13.9. The molecular weight excluding hydrogens is 318 g/mol. The van der Waals surface area contributed by atoms with Crippen LogP contribution in [0.25, 0.3) is 11.5 Å². The minimum Gasteiger partial charge on any atom is -0.484 e. The third-order valence-corrected chi connectivity index (χ3v) is 3.17.